The van der Waals surface area contributed by atoms with Gasteiger partial charge in [-0.15, -0.1) is 0 Å². The highest BCUT2D eigenvalue weighted by Gasteiger charge is 2.11. The largest absolute Gasteiger partial charge is 0.507 e. The van der Waals surface area contributed by atoms with Crippen molar-refractivity contribution in [2.24, 2.45) is 4.99 Å². The first-order valence-corrected chi connectivity index (χ1v) is 8.69. The van der Waals surface area contributed by atoms with Gasteiger partial charge in [-0.25, -0.2) is 0 Å². The maximum Gasteiger partial charge on any atom is 0.294 e. The molecule has 0 atom stereocenters. The Hall–Kier alpha value is -1.40. The van der Waals surface area contributed by atoms with Gasteiger partial charge < -0.3 is 5.11 Å². The van der Waals surface area contributed by atoms with E-state index in [1.165, 1.54) is 44.0 Å². The quantitative estimate of drug-likeness (QED) is 0.415. The zero-order chi connectivity index (χ0) is 15.7. The van der Waals surface area contributed by atoms with E-state index < -0.39 is 10.1 Å². The summed E-state index contributed by atoms with van der Waals surface area (Å²) in [6, 6.07) is 3.58. The smallest absolute Gasteiger partial charge is 0.294 e. The molecule has 0 aliphatic carbocycles. The molecule has 0 unspecified atom stereocenters. The number of phenolic OH excluding ortho intramolecular Hbond substituents is 1. The minimum Gasteiger partial charge on any atom is -0.507 e. The second-order valence-electron chi connectivity index (χ2n) is 5.00. The molecule has 0 aliphatic rings. The van der Waals surface area contributed by atoms with Gasteiger partial charge >= 0.3 is 0 Å². The van der Waals surface area contributed by atoms with Crippen LogP contribution in [0.25, 0.3) is 0 Å². The molecule has 0 aromatic heterocycles. The van der Waals surface area contributed by atoms with Crippen molar-refractivity contribution in [1.82, 2.24) is 0 Å². The molecular weight excluding hydrogens is 290 g/mol. The third-order valence-corrected chi connectivity index (χ3v) is 4.02. The average Bonchev–Trinajstić information content (AvgIpc) is 2.42. The Kier molecular flexibility index (Phi) is 7.39. The molecule has 5 nitrogen and oxygen atoms in total. The lowest BCUT2D eigenvalue weighted by Crippen LogP contribution is -1.99. The van der Waals surface area contributed by atoms with Gasteiger partial charge in [0.1, 0.15) is 5.75 Å². The summed E-state index contributed by atoms with van der Waals surface area (Å²) in [6.07, 6.45) is 8.47. The predicted octanol–water partition coefficient (Wildman–Crippen LogP) is 3.42. The Labute approximate surface area is 126 Å². The summed E-state index contributed by atoms with van der Waals surface area (Å²) in [5, 5.41) is 9.63. The van der Waals surface area contributed by atoms with Crippen molar-refractivity contribution in [2.75, 3.05) is 6.54 Å². The van der Waals surface area contributed by atoms with E-state index in [9.17, 15) is 13.5 Å². The number of rotatable bonds is 9. The SMILES string of the molecule is CCCCCCCCN=Cc1cc(S(=O)(=O)O)ccc1O. The average molecular weight is 313 g/mol. The summed E-state index contributed by atoms with van der Waals surface area (Å²) < 4.78 is 31.0. The number of aliphatic imine (C=N–C) groups is 1. The number of unbranched alkanes of at least 4 members (excludes halogenated alkanes) is 5. The standard InChI is InChI=1S/C15H23NO4S/c1-2-3-4-5-6-7-10-16-12-13-11-14(21(18,19)20)8-9-15(13)17/h8-9,11-12,17H,2-7,10H2,1H3,(H,18,19,20). The van der Waals surface area contributed by atoms with Gasteiger partial charge in [0.15, 0.2) is 0 Å². The number of hydrogen-bond donors (Lipinski definition) is 2. The molecule has 0 heterocycles. The van der Waals surface area contributed by atoms with E-state index in [1.54, 1.807) is 0 Å². The highest BCUT2D eigenvalue weighted by atomic mass is 32.2. The Bertz CT molecular complexity index is 567. The number of nitrogens with zero attached hydrogens (tertiary/aromatic N) is 1. The molecule has 21 heavy (non-hydrogen) atoms. The van der Waals surface area contributed by atoms with E-state index in [4.69, 9.17) is 4.55 Å². The third kappa shape index (κ3) is 6.73. The van der Waals surface area contributed by atoms with Gasteiger partial charge in [-0.05, 0) is 24.6 Å². The molecule has 1 rings (SSSR count). The molecule has 0 spiro atoms. The Morgan fingerprint density at radius 1 is 1.14 bits per heavy atom. The van der Waals surface area contributed by atoms with Crippen LogP contribution in [-0.4, -0.2) is 30.8 Å². The highest BCUT2D eigenvalue weighted by Crippen LogP contribution is 2.19. The number of hydrogen-bond acceptors (Lipinski definition) is 4. The predicted molar refractivity (Wildman–Crippen MR) is 83.8 cm³/mol. The van der Waals surface area contributed by atoms with E-state index in [0.717, 1.165) is 18.9 Å². The fourth-order valence-corrected chi connectivity index (χ4v) is 2.46. The second-order valence-corrected chi connectivity index (χ2v) is 6.42. The molecule has 118 valence electrons. The van der Waals surface area contributed by atoms with Crippen molar-refractivity contribution in [3.63, 3.8) is 0 Å². The lowest BCUT2D eigenvalue weighted by Gasteiger charge is -2.02. The molecule has 0 amide bonds. The molecule has 2 N–H and O–H groups in total. The van der Waals surface area contributed by atoms with Crippen LogP contribution in [0.15, 0.2) is 28.1 Å². The Balaban J connectivity index is 2.49. The van der Waals surface area contributed by atoms with Gasteiger partial charge in [-0.3, -0.25) is 9.55 Å². The van der Waals surface area contributed by atoms with E-state index in [-0.39, 0.29) is 16.2 Å². The second kappa shape index (κ2) is 8.79. The topological polar surface area (TPSA) is 87.0 Å². The van der Waals surface area contributed by atoms with Crippen LogP contribution >= 0.6 is 0 Å². The maximum absolute atomic E-state index is 11.0. The van der Waals surface area contributed by atoms with Gasteiger partial charge in [-0.2, -0.15) is 8.42 Å². The number of benzene rings is 1. The highest BCUT2D eigenvalue weighted by molar-refractivity contribution is 7.85. The lowest BCUT2D eigenvalue weighted by atomic mass is 10.1. The molecule has 0 fully saturated rings. The van der Waals surface area contributed by atoms with Crippen LogP contribution in [0.5, 0.6) is 5.75 Å². The van der Waals surface area contributed by atoms with Gasteiger partial charge in [0.2, 0.25) is 0 Å². The van der Waals surface area contributed by atoms with Crippen molar-refractivity contribution in [2.45, 2.75) is 50.3 Å². The van der Waals surface area contributed by atoms with Gasteiger partial charge in [0.05, 0.1) is 4.90 Å². The van der Waals surface area contributed by atoms with E-state index >= 15 is 0 Å². The summed E-state index contributed by atoms with van der Waals surface area (Å²) in [5.74, 6) is -0.0610. The summed E-state index contributed by atoms with van der Waals surface area (Å²) >= 11 is 0. The van der Waals surface area contributed by atoms with Crippen LogP contribution in [-0.2, 0) is 10.1 Å². The monoisotopic (exact) mass is 313 g/mol. The molecular formula is C15H23NO4S. The fourth-order valence-electron chi connectivity index (χ4n) is 1.94. The maximum atomic E-state index is 11.0. The van der Waals surface area contributed by atoms with Crippen LogP contribution in [0.4, 0.5) is 0 Å². The minimum atomic E-state index is -4.26. The van der Waals surface area contributed by atoms with Crippen LogP contribution in [0.1, 0.15) is 51.0 Å². The van der Waals surface area contributed by atoms with Crippen LogP contribution < -0.4 is 0 Å². The van der Waals surface area contributed by atoms with Gasteiger partial charge in [0.25, 0.3) is 10.1 Å². The fraction of sp³-hybridized carbons (Fsp3) is 0.533. The zero-order valence-corrected chi connectivity index (χ0v) is 13.1. The molecule has 0 radical (unpaired) electrons. The van der Waals surface area contributed by atoms with Crippen molar-refractivity contribution in [3.05, 3.63) is 23.8 Å². The molecule has 0 saturated heterocycles. The molecule has 0 aliphatic heterocycles. The van der Waals surface area contributed by atoms with Crippen molar-refractivity contribution in [3.8, 4) is 5.75 Å². The minimum absolute atomic E-state index is 0.0610. The third-order valence-electron chi connectivity index (χ3n) is 3.17. The molecule has 0 bridgehead atoms. The summed E-state index contributed by atoms with van der Waals surface area (Å²) in [7, 11) is -4.26. The van der Waals surface area contributed by atoms with Gasteiger partial charge in [-0.1, -0.05) is 39.0 Å². The van der Waals surface area contributed by atoms with E-state index in [2.05, 4.69) is 11.9 Å². The van der Waals surface area contributed by atoms with Crippen LogP contribution in [0.3, 0.4) is 0 Å². The Morgan fingerprint density at radius 2 is 1.81 bits per heavy atom. The first-order valence-electron chi connectivity index (χ1n) is 7.25. The molecule has 1 aromatic carbocycles. The number of phenols is 1. The van der Waals surface area contributed by atoms with Gasteiger partial charge in [0, 0.05) is 18.3 Å². The summed E-state index contributed by atoms with van der Waals surface area (Å²) in [4.78, 5) is 3.93. The van der Waals surface area contributed by atoms with Crippen molar-refractivity contribution in [1.29, 1.82) is 0 Å². The molecule has 1 aromatic rings. The summed E-state index contributed by atoms with van der Waals surface area (Å²) in [6.45, 7) is 2.82. The normalized spacial score (nSPS) is 12.1. The molecule has 0 saturated carbocycles. The first-order chi connectivity index (χ1) is 9.95. The lowest BCUT2D eigenvalue weighted by molar-refractivity contribution is 0.472. The van der Waals surface area contributed by atoms with E-state index in [1.807, 2.05) is 0 Å². The zero-order valence-electron chi connectivity index (χ0n) is 12.3. The van der Waals surface area contributed by atoms with E-state index in [0.29, 0.717) is 6.54 Å². The van der Waals surface area contributed by atoms with Crippen molar-refractivity contribution >= 4 is 16.3 Å². The number of aromatic hydroxyl groups is 1. The Morgan fingerprint density at radius 3 is 2.48 bits per heavy atom. The van der Waals surface area contributed by atoms with Crippen LogP contribution in [0.2, 0.25) is 0 Å². The first kappa shape index (κ1) is 17.7. The van der Waals surface area contributed by atoms with Crippen molar-refractivity contribution < 1.29 is 18.1 Å². The molecule has 6 heteroatoms. The van der Waals surface area contributed by atoms with Crippen LogP contribution in [0, 0.1) is 0 Å². The summed E-state index contributed by atoms with van der Waals surface area (Å²) in [5.41, 5.74) is 0.288.